The minimum absolute atomic E-state index is 0.541. The Labute approximate surface area is 125 Å². The van der Waals surface area contributed by atoms with Crippen LogP contribution < -0.4 is 10.5 Å². The number of pyridine rings is 1. The summed E-state index contributed by atoms with van der Waals surface area (Å²) in [4.78, 5) is 10.8. The first-order valence-corrected chi connectivity index (χ1v) is 7.51. The van der Waals surface area contributed by atoms with Gasteiger partial charge in [0.1, 0.15) is 0 Å². The third-order valence-corrected chi connectivity index (χ3v) is 3.72. The second-order valence-electron chi connectivity index (χ2n) is 5.53. The standard InChI is InChI=1S/C15H22N4O2/c16-15(19-5-7-20-8-6-19)18-10-13-3-4-14(17-9-13)21-11-12-1-2-12/h3-4,9,12H,1-2,5-8,10-11H2,(H2,16,18). The van der Waals surface area contributed by atoms with Gasteiger partial charge in [-0.05, 0) is 24.3 Å². The van der Waals surface area contributed by atoms with Gasteiger partial charge in [-0.25, -0.2) is 9.98 Å². The van der Waals surface area contributed by atoms with Crippen molar-refractivity contribution in [2.24, 2.45) is 16.6 Å². The third-order valence-electron chi connectivity index (χ3n) is 3.72. The molecule has 1 saturated carbocycles. The van der Waals surface area contributed by atoms with Crippen LogP contribution in [0.25, 0.3) is 0 Å². The average Bonchev–Trinajstić information content (AvgIpc) is 3.37. The van der Waals surface area contributed by atoms with Crippen molar-refractivity contribution in [3.8, 4) is 5.88 Å². The summed E-state index contributed by atoms with van der Waals surface area (Å²) in [5.74, 6) is 2.01. The minimum atomic E-state index is 0.541. The van der Waals surface area contributed by atoms with E-state index in [0.29, 0.717) is 31.6 Å². The fourth-order valence-electron chi connectivity index (χ4n) is 2.14. The second kappa shape index (κ2) is 6.76. The molecule has 114 valence electrons. The molecule has 0 bridgehead atoms. The van der Waals surface area contributed by atoms with Crippen LogP contribution in [0.3, 0.4) is 0 Å². The van der Waals surface area contributed by atoms with Gasteiger partial charge in [0.25, 0.3) is 0 Å². The molecule has 0 amide bonds. The minimum Gasteiger partial charge on any atom is -0.477 e. The lowest BCUT2D eigenvalue weighted by Crippen LogP contribution is -2.44. The largest absolute Gasteiger partial charge is 0.477 e. The van der Waals surface area contributed by atoms with Gasteiger partial charge in [-0.3, -0.25) is 0 Å². The lowest BCUT2D eigenvalue weighted by molar-refractivity contribution is 0.0674. The summed E-state index contributed by atoms with van der Waals surface area (Å²) in [5.41, 5.74) is 7.02. The Balaban J connectivity index is 1.49. The van der Waals surface area contributed by atoms with Crippen molar-refractivity contribution in [2.45, 2.75) is 19.4 Å². The van der Waals surface area contributed by atoms with E-state index >= 15 is 0 Å². The quantitative estimate of drug-likeness (QED) is 0.647. The molecule has 0 atom stereocenters. The van der Waals surface area contributed by atoms with Gasteiger partial charge in [0.2, 0.25) is 5.88 Å². The van der Waals surface area contributed by atoms with Crippen LogP contribution in [0, 0.1) is 5.92 Å². The molecule has 1 aliphatic carbocycles. The highest BCUT2D eigenvalue weighted by Gasteiger charge is 2.22. The van der Waals surface area contributed by atoms with Crippen LogP contribution >= 0.6 is 0 Å². The first-order chi connectivity index (χ1) is 10.3. The Kier molecular flexibility index (Phi) is 4.55. The van der Waals surface area contributed by atoms with E-state index in [1.165, 1.54) is 12.8 Å². The number of morpholine rings is 1. The van der Waals surface area contributed by atoms with Crippen LogP contribution in [0.15, 0.2) is 23.3 Å². The lowest BCUT2D eigenvalue weighted by atomic mass is 10.3. The van der Waals surface area contributed by atoms with Crippen molar-refractivity contribution < 1.29 is 9.47 Å². The molecular weight excluding hydrogens is 268 g/mol. The summed E-state index contributed by atoms with van der Waals surface area (Å²) < 4.78 is 10.9. The molecule has 0 aromatic carbocycles. The average molecular weight is 290 g/mol. The van der Waals surface area contributed by atoms with Gasteiger partial charge in [0.05, 0.1) is 26.4 Å². The van der Waals surface area contributed by atoms with Gasteiger partial charge in [0, 0.05) is 25.4 Å². The molecule has 0 spiro atoms. The fourth-order valence-corrected chi connectivity index (χ4v) is 2.14. The van der Waals surface area contributed by atoms with E-state index in [1.807, 2.05) is 17.0 Å². The summed E-state index contributed by atoms with van der Waals surface area (Å²) in [6, 6.07) is 3.89. The molecule has 1 saturated heterocycles. The van der Waals surface area contributed by atoms with Gasteiger partial charge in [-0.15, -0.1) is 0 Å². The smallest absolute Gasteiger partial charge is 0.213 e. The maximum Gasteiger partial charge on any atom is 0.213 e. The third kappa shape index (κ3) is 4.32. The number of hydrogen-bond donors (Lipinski definition) is 1. The van der Waals surface area contributed by atoms with Gasteiger partial charge in [-0.1, -0.05) is 6.07 Å². The van der Waals surface area contributed by atoms with Crippen LogP contribution in [-0.4, -0.2) is 48.8 Å². The summed E-state index contributed by atoms with van der Waals surface area (Å²) in [5, 5.41) is 0. The summed E-state index contributed by atoms with van der Waals surface area (Å²) in [6.07, 6.45) is 4.37. The highest BCUT2D eigenvalue weighted by Crippen LogP contribution is 2.29. The van der Waals surface area contributed by atoms with Crippen molar-refractivity contribution in [3.63, 3.8) is 0 Å². The van der Waals surface area contributed by atoms with Gasteiger partial charge < -0.3 is 20.1 Å². The lowest BCUT2D eigenvalue weighted by Gasteiger charge is -2.27. The van der Waals surface area contributed by atoms with Gasteiger partial charge in [0.15, 0.2) is 5.96 Å². The molecule has 6 heteroatoms. The molecule has 2 heterocycles. The molecule has 6 nitrogen and oxygen atoms in total. The second-order valence-corrected chi connectivity index (χ2v) is 5.53. The normalized spacial score (nSPS) is 19.6. The van der Waals surface area contributed by atoms with Gasteiger partial charge in [-0.2, -0.15) is 0 Å². The van der Waals surface area contributed by atoms with E-state index in [2.05, 4.69) is 9.98 Å². The zero-order valence-electron chi connectivity index (χ0n) is 12.2. The molecule has 3 rings (SSSR count). The highest BCUT2D eigenvalue weighted by molar-refractivity contribution is 5.78. The Hall–Kier alpha value is -1.82. The molecule has 2 N–H and O–H groups in total. The molecular formula is C15H22N4O2. The first kappa shape index (κ1) is 14.1. The predicted molar refractivity (Wildman–Crippen MR) is 80.2 cm³/mol. The molecule has 2 fully saturated rings. The molecule has 21 heavy (non-hydrogen) atoms. The van der Waals surface area contributed by atoms with Crippen LogP contribution in [-0.2, 0) is 11.3 Å². The predicted octanol–water partition coefficient (Wildman–Crippen LogP) is 1.02. The Morgan fingerprint density at radius 3 is 2.86 bits per heavy atom. The fraction of sp³-hybridized carbons (Fsp3) is 0.600. The molecule has 1 aliphatic heterocycles. The number of nitrogens with two attached hydrogens (primary N) is 1. The zero-order valence-corrected chi connectivity index (χ0v) is 12.2. The van der Waals surface area contributed by atoms with Crippen LogP contribution in [0.4, 0.5) is 0 Å². The Morgan fingerprint density at radius 2 is 2.19 bits per heavy atom. The number of hydrogen-bond acceptors (Lipinski definition) is 4. The zero-order chi connectivity index (χ0) is 14.5. The number of ether oxygens (including phenoxy) is 2. The Morgan fingerprint density at radius 1 is 1.38 bits per heavy atom. The van der Waals surface area contributed by atoms with E-state index in [4.69, 9.17) is 15.2 Å². The van der Waals surface area contributed by atoms with E-state index in [9.17, 15) is 0 Å². The molecule has 1 aromatic rings. The maximum atomic E-state index is 5.99. The summed E-state index contributed by atoms with van der Waals surface area (Å²) in [7, 11) is 0. The number of aliphatic imine (C=N–C) groups is 1. The molecule has 2 aliphatic rings. The number of aromatic nitrogens is 1. The highest BCUT2D eigenvalue weighted by atomic mass is 16.5. The van der Waals surface area contributed by atoms with Crippen LogP contribution in [0.5, 0.6) is 5.88 Å². The van der Waals surface area contributed by atoms with Crippen molar-refractivity contribution in [3.05, 3.63) is 23.9 Å². The van der Waals surface area contributed by atoms with E-state index in [1.54, 1.807) is 6.20 Å². The number of nitrogens with zero attached hydrogens (tertiary/aromatic N) is 3. The first-order valence-electron chi connectivity index (χ1n) is 7.51. The van der Waals surface area contributed by atoms with E-state index < -0.39 is 0 Å². The summed E-state index contributed by atoms with van der Waals surface area (Å²) in [6.45, 7) is 4.37. The Bertz CT molecular complexity index is 479. The maximum absolute atomic E-state index is 5.99. The van der Waals surface area contributed by atoms with Crippen molar-refractivity contribution in [1.29, 1.82) is 0 Å². The van der Waals surface area contributed by atoms with E-state index in [0.717, 1.165) is 31.2 Å². The van der Waals surface area contributed by atoms with Crippen molar-refractivity contribution in [2.75, 3.05) is 32.9 Å². The topological polar surface area (TPSA) is 73.0 Å². The molecule has 0 radical (unpaired) electrons. The monoisotopic (exact) mass is 290 g/mol. The van der Waals surface area contributed by atoms with Crippen molar-refractivity contribution in [1.82, 2.24) is 9.88 Å². The van der Waals surface area contributed by atoms with E-state index in [-0.39, 0.29) is 0 Å². The van der Waals surface area contributed by atoms with Crippen molar-refractivity contribution >= 4 is 5.96 Å². The van der Waals surface area contributed by atoms with Crippen LogP contribution in [0.1, 0.15) is 18.4 Å². The molecule has 0 unspecified atom stereocenters. The van der Waals surface area contributed by atoms with Gasteiger partial charge >= 0.3 is 0 Å². The van der Waals surface area contributed by atoms with Crippen LogP contribution in [0.2, 0.25) is 0 Å². The SMILES string of the molecule is NC(=NCc1ccc(OCC2CC2)nc1)N1CCOCC1. The number of rotatable bonds is 5. The molecule has 1 aromatic heterocycles. The number of guanidine groups is 1. The summed E-state index contributed by atoms with van der Waals surface area (Å²) >= 11 is 0.